The molecule has 0 unspecified atom stereocenters. The minimum absolute atomic E-state index is 0.0488. The number of aromatic nitrogens is 2. The summed E-state index contributed by atoms with van der Waals surface area (Å²) < 4.78 is 2.04. The summed E-state index contributed by atoms with van der Waals surface area (Å²) >= 11 is 0. The molecule has 116 valence electrons. The summed E-state index contributed by atoms with van der Waals surface area (Å²) in [6.45, 7) is 4.07. The SMILES string of the molecule is Cc1nc2cc(C(=O)N3c4ccccc4C[C@@H]3C)ccc2n1C. The van der Waals surface area contributed by atoms with Crippen LogP contribution in [-0.4, -0.2) is 21.5 Å². The largest absolute Gasteiger partial charge is 0.331 e. The molecular weight excluding hydrogens is 286 g/mol. The van der Waals surface area contributed by atoms with Crippen molar-refractivity contribution in [3.63, 3.8) is 0 Å². The van der Waals surface area contributed by atoms with Crippen LogP contribution in [0.25, 0.3) is 11.0 Å². The van der Waals surface area contributed by atoms with E-state index in [1.165, 1.54) is 5.56 Å². The van der Waals surface area contributed by atoms with Crippen molar-refractivity contribution in [2.45, 2.75) is 26.3 Å². The number of para-hydroxylation sites is 1. The van der Waals surface area contributed by atoms with Crippen molar-refractivity contribution in [2.24, 2.45) is 7.05 Å². The first-order chi connectivity index (χ1) is 11.1. The third kappa shape index (κ3) is 2.05. The molecule has 4 heteroatoms. The number of aryl methyl sites for hydroxylation is 2. The molecule has 4 nitrogen and oxygen atoms in total. The lowest BCUT2D eigenvalue weighted by atomic mass is 10.1. The van der Waals surface area contributed by atoms with E-state index in [1.54, 1.807) is 0 Å². The van der Waals surface area contributed by atoms with Gasteiger partial charge in [0.1, 0.15) is 5.82 Å². The molecule has 0 bridgehead atoms. The molecule has 23 heavy (non-hydrogen) atoms. The number of imidazole rings is 1. The third-order valence-corrected chi connectivity index (χ3v) is 4.78. The van der Waals surface area contributed by atoms with Gasteiger partial charge in [0.05, 0.1) is 11.0 Å². The van der Waals surface area contributed by atoms with E-state index in [0.29, 0.717) is 5.56 Å². The Hall–Kier alpha value is -2.62. The van der Waals surface area contributed by atoms with Gasteiger partial charge in [-0.05, 0) is 50.1 Å². The molecule has 0 saturated heterocycles. The van der Waals surface area contributed by atoms with Crippen molar-refractivity contribution in [3.8, 4) is 0 Å². The minimum Gasteiger partial charge on any atom is -0.331 e. The molecule has 1 aliphatic rings. The van der Waals surface area contributed by atoms with Crippen LogP contribution in [0, 0.1) is 6.92 Å². The molecule has 1 atom stereocenters. The molecular formula is C19H19N3O. The van der Waals surface area contributed by atoms with Gasteiger partial charge in [-0.25, -0.2) is 4.98 Å². The first kappa shape index (κ1) is 14.0. The van der Waals surface area contributed by atoms with E-state index in [-0.39, 0.29) is 11.9 Å². The second kappa shape index (κ2) is 4.95. The fraction of sp³-hybridized carbons (Fsp3) is 0.263. The van der Waals surface area contributed by atoms with Gasteiger partial charge >= 0.3 is 0 Å². The summed E-state index contributed by atoms with van der Waals surface area (Å²) in [5.41, 5.74) is 4.88. The predicted molar refractivity (Wildman–Crippen MR) is 91.9 cm³/mol. The second-order valence-corrected chi connectivity index (χ2v) is 6.28. The Labute approximate surface area is 135 Å². The van der Waals surface area contributed by atoms with E-state index in [4.69, 9.17) is 0 Å². The minimum atomic E-state index is 0.0488. The number of benzene rings is 2. The van der Waals surface area contributed by atoms with E-state index in [1.807, 2.05) is 59.8 Å². The quantitative estimate of drug-likeness (QED) is 0.690. The molecule has 2 aromatic carbocycles. The Morgan fingerprint density at radius 2 is 2.00 bits per heavy atom. The molecule has 0 saturated carbocycles. The van der Waals surface area contributed by atoms with Gasteiger partial charge in [0.2, 0.25) is 0 Å². The number of hydrogen-bond acceptors (Lipinski definition) is 2. The Morgan fingerprint density at radius 1 is 1.22 bits per heavy atom. The van der Waals surface area contributed by atoms with Gasteiger partial charge in [-0.1, -0.05) is 18.2 Å². The fourth-order valence-electron chi connectivity index (χ4n) is 3.47. The maximum Gasteiger partial charge on any atom is 0.258 e. The van der Waals surface area contributed by atoms with Gasteiger partial charge in [0.15, 0.2) is 0 Å². The Bertz CT molecular complexity index is 926. The van der Waals surface area contributed by atoms with Crippen LogP contribution in [0.5, 0.6) is 0 Å². The molecule has 1 aliphatic heterocycles. The van der Waals surface area contributed by atoms with Gasteiger partial charge in [-0.2, -0.15) is 0 Å². The van der Waals surface area contributed by atoms with Crippen LogP contribution in [-0.2, 0) is 13.5 Å². The number of rotatable bonds is 1. The molecule has 2 heterocycles. The van der Waals surface area contributed by atoms with Crippen molar-refractivity contribution in [1.29, 1.82) is 0 Å². The summed E-state index contributed by atoms with van der Waals surface area (Å²) in [4.78, 5) is 19.5. The van der Waals surface area contributed by atoms with E-state index < -0.39 is 0 Å². The van der Waals surface area contributed by atoms with Gasteiger partial charge < -0.3 is 9.47 Å². The summed E-state index contributed by atoms with van der Waals surface area (Å²) in [6, 6.07) is 14.1. The Kier molecular flexibility index (Phi) is 3.01. The zero-order chi connectivity index (χ0) is 16.1. The van der Waals surface area contributed by atoms with Crippen LogP contribution < -0.4 is 4.90 Å². The standard InChI is InChI=1S/C19H19N3O/c1-12-10-14-6-4-5-7-17(14)22(12)19(23)15-8-9-18-16(11-15)20-13(2)21(18)3/h4-9,11-12H,10H2,1-3H3/t12-/m0/s1. The molecule has 4 rings (SSSR count). The highest BCUT2D eigenvalue weighted by atomic mass is 16.2. The van der Waals surface area contributed by atoms with Crippen molar-refractivity contribution < 1.29 is 4.79 Å². The van der Waals surface area contributed by atoms with Crippen LogP contribution in [0.4, 0.5) is 5.69 Å². The first-order valence-corrected chi connectivity index (χ1v) is 7.91. The summed E-state index contributed by atoms with van der Waals surface area (Å²) in [6.07, 6.45) is 0.910. The summed E-state index contributed by atoms with van der Waals surface area (Å²) in [5.74, 6) is 0.997. The zero-order valence-electron chi connectivity index (χ0n) is 13.6. The topological polar surface area (TPSA) is 38.1 Å². The average molecular weight is 305 g/mol. The number of hydrogen-bond donors (Lipinski definition) is 0. The number of carbonyl (C=O) groups excluding carboxylic acids is 1. The predicted octanol–water partition coefficient (Wildman–Crippen LogP) is 3.47. The van der Waals surface area contributed by atoms with Crippen LogP contribution in [0.15, 0.2) is 42.5 Å². The first-order valence-electron chi connectivity index (χ1n) is 7.91. The average Bonchev–Trinajstić information content (AvgIpc) is 3.02. The molecule has 0 aliphatic carbocycles. The highest BCUT2D eigenvalue weighted by molar-refractivity contribution is 6.09. The van der Waals surface area contributed by atoms with Crippen LogP contribution >= 0.6 is 0 Å². The monoisotopic (exact) mass is 305 g/mol. The second-order valence-electron chi connectivity index (χ2n) is 6.28. The molecule has 0 N–H and O–H groups in total. The number of amides is 1. The lowest BCUT2D eigenvalue weighted by Gasteiger charge is -2.22. The highest BCUT2D eigenvalue weighted by Crippen LogP contribution is 2.33. The molecule has 1 amide bonds. The summed E-state index contributed by atoms with van der Waals surface area (Å²) in [7, 11) is 1.99. The number of anilines is 1. The normalized spacial score (nSPS) is 16.8. The molecule has 1 aromatic heterocycles. The van der Waals surface area contributed by atoms with Gasteiger partial charge in [0, 0.05) is 24.3 Å². The van der Waals surface area contributed by atoms with E-state index in [2.05, 4.69) is 18.0 Å². The van der Waals surface area contributed by atoms with Gasteiger partial charge in [-0.15, -0.1) is 0 Å². The molecule has 0 fully saturated rings. The maximum absolute atomic E-state index is 13.0. The fourth-order valence-corrected chi connectivity index (χ4v) is 3.47. The van der Waals surface area contributed by atoms with Crippen LogP contribution in [0.1, 0.15) is 28.7 Å². The number of fused-ring (bicyclic) bond motifs is 2. The van der Waals surface area contributed by atoms with E-state index >= 15 is 0 Å². The summed E-state index contributed by atoms with van der Waals surface area (Å²) in [5, 5.41) is 0. The maximum atomic E-state index is 13.0. The van der Waals surface area contributed by atoms with Crippen molar-refractivity contribution in [3.05, 3.63) is 59.4 Å². The molecule has 3 aromatic rings. The van der Waals surface area contributed by atoms with Crippen LogP contribution in [0.3, 0.4) is 0 Å². The van der Waals surface area contributed by atoms with Crippen LogP contribution in [0.2, 0.25) is 0 Å². The van der Waals surface area contributed by atoms with Gasteiger partial charge in [-0.3, -0.25) is 4.79 Å². The lowest BCUT2D eigenvalue weighted by molar-refractivity contribution is 0.0981. The van der Waals surface area contributed by atoms with Crippen molar-refractivity contribution in [1.82, 2.24) is 9.55 Å². The third-order valence-electron chi connectivity index (χ3n) is 4.78. The Morgan fingerprint density at radius 3 is 2.83 bits per heavy atom. The molecule has 0 radical (unpaired) electrons. The van der Waals surface area contributed by atoms with Crippen molar-refractivity contribution in [2.75, 3.05) is 4.90 Å². The number of nitrogens with zero attached hydrogens (tertiary/aromatic N) is 3. The lowest BCUT2D eigenvalue weighted by Crippen LogP contribution is -2.35. The molecule has 0 spiro atoms. The number of carbonyl (C=O) groups is 1. The van der Waals surface area contributed by atoms with Gasteiger partial charge in [0.25, 0.3) is 5.91 Å². The van der Waals surface area contributed by atoms with E-state index in [0.717, 1.165) is 29.0 Å². The highest BCUT2D eigenvalue weighted by Gasteiger charge is 2.31. The zero-order valence-corrected chi connectivity index (χ0v) is 13.6. The Balaban J connectivity index is 1.77. The smallest absolute Gasteiger partial charge is 0.258 e. The van der Waals surface area contributed by atoms with Crippen molar-refractivity contribution >= 4 is 22.6 Å². The van der Waals surface area contributed by atoms with E-state index in [9.17, 15) is 4.79 Å².